The topological polar surface area (TPSA) is 75.3 Å². The van der Waals surface area contributed by atoms with Crippen LogP contribution in [0.5, 0.6) is 5.75 Å². The van der Waals surface area contributed by atoms with Crippen LogP contribution in [-0.4, -0.2) is 26.0 Å². The Hall–Kier alpha value is -4.02. The lowest BCUT2D eigenvalue weighted by molar-refractivity contribution is -0.137. The van der Waals surface area contributed by atoms with Crippen molar-refractivity contribution in [3.8, 4) is 17.0 Å². The van der Waals surface area contributed by atoms with E-state index in [-0.39, 0.29) is 22.2 Å². The Labute approximate surface area is 181 Å². The number of carboxylic acid groups (broad SMARTS) is 1. The summed E-state index contributed by atoms with van der Waals surface area (Å²) in [6.07, 6.45) is -4.80. The fourth-order valence-corrected chi connectivity index (χ4v) is 3.49. The Kier molecular flexibility index (Phi) is 5.27. The van der Waals surface area contributed by atoms with Crippen molar-refractivity contribution in [1.82, 2.24) is 9.78 Å². The number of nitrogens with zero attached hydrogens (tertiary/aromatic N) is 2. The zero-order chi connectivity index (χ0) is 24.1. The number of halogens is 6. The lowest BCUT2D eigenvalue weighted by atomic mass is 10.0. The maximum Gasteiger partial charge on any atom is 0.416 e. The van der Waals surface area contributed by atoms with Crippen molar-refractivity contribution in [3.05, 3.63) is 82.7 Å². The lowest BCUT2D eigenvalue weighted by Crippen LogP contribution is -2.08. The number of carbonyl (C=O) groups is 1. The third-order valence-electron chi connectivity index (χ3n) is 4.92. The van der Waals surface area contributed by atoms with Crippen molar-refractivity contribution >= 4 is 16.9 Å². The minimum Gasteiger partial charge on any atom is -0.507 e. The molecule has 0 aliphatic carbocycles. The van der Waals surface area contributed by atoms with Crippen LogP contribution >= 0.6 is 0 Å². The quantitative estimate of drug-likeness (QED) is 0.385. The predicted molar refractivity (Wildman–Crippen MR) is 104 cm³/mol. The van der Waals surface area contributed by atoms with Gasteiger partial charge in [0.25, 0.3) is 0 Å². The van der Waals surface area contributed by atoms with Crippen LogP contribution in [-0.2, 0) is 12.7 Å². The molecule has 170 valence electrons. The zero-order valence-corrected chi connectivity index (χ0v) is 16.3. The highest BCUT2D eigenvalue weighted by molar-refractivity contribution is 5.96. The molecule has 0 aliphatic rings. The summed E-state index contributed by atoms with van der Waals surface area (Å²) >= 11 is 0. The molecular formula is C22H12F6N2O3. The number of phenols is 1. The van der Waals surface area contributed by atoms with E-state index in [1.165, 1.54) is 12.1 Å². The average Bonchev–Trinajstić information content (AvgIpc) is 3.07. The summed E-state index contributed by atoms with van der Waals surface area (Å²) in [6, 6.07) is 6.93. The highest BCUT2D eigenvalue weighted by Crippen LogP contribution is 2.36. The van der Waals surface area contributed by atoms with Crippen molar-refractivity contribution in [2.75, 3.05) is 0 Å². The van der Waals surface area contributed by atoms with E-state index >= 15 is 0 Å². The van der Waals surface area contributed by atoms with Crippen LogP contribution in [0.4, 0.5) is 26.3 Å². The number of aromatic carboxylic acids is 1. The van der Waals surface area contributed by atoms with Gasteiger partial charge in [-0.2, -0.15) is 18.3 Å². The molecule has 0 atom stereocenters. The number of rotatable bonds is 4. The van der Waals surface area contributed by atoms with Gasteiger partial charge in [0.1, 0.15) is 34.5 Å². The molecule has 1 aromatic heterocycles. The Balaban J connectivity index is 1.89. The standard InChI is InChI=1S/C22H12F6N2O3/c23-12-5-10(4-11(6-12)22(26,27)28)9-30-17-3-1-2-15(24)19(17)20(29-30)13-8-18(31)14(21(32)33)7-16(13)25/h1-8,31H,9H2,(H,32,33). The van der Waals surface area contributed by atoms with Crippen LogP contribution in [0.25, 0.3) is 22.2 Å². The summed E-state index contributed by atoms with van der Waals surface area (Å²) in [7, 11) is 0. The molecule has 0 radical (unpaired) electrons. The van der Waals surface area contributed by atoms with Gasteiger partial charge < -0.3 is 10.2 Å². The fourth-order valence-electron chi connectivity index (χ4n) is 3.49. The number of aromatic hydroxyl groups is 1. The van der Waals surface area contributed by atoms with E-state index in [1.807, 2.05) is 0 Å². The van der Waals surface area contributed by atoms with Gasteiger partial charge in [-0.05, 0) is 48.0 Å². The molecule has 1 heterocycles. The van der Waals surface area contributed by atoms with E-state index in [0.717, 1.165) is 22.9 Å². The van der Waals surface area contributed by atoms with Crippen molar-refractivity contribution < 1.29 is 41.4 Å². The van der Waals surface area contributed by atoms with Gasteiger partial charge in [-0.1, -0.05) is 6.07 Å². The molecule has 11 heteroatoms. The second-order valence-electron chi connectivity index (χ2n) is 7.14. The summed E-state index contributed by atoms with van der Waals surface area (Å²) in [5.74, 6) is -5.48. The van der Waals surface area contributed by atoms with Crippen LogP contribution < -0.4 is 0 Å². The van der Waals surface area contributed by atoms with Gasteiger partial charge in [-0.3, -0.25) is 4.68 Å². The lowest BCUT2D eigenvalue weighted by Gasteiger charge is -2.10. The van der Waals surface area contributed by atoms with Crippen molar-refractivity contribution in [2.24, 2.45) is 0 Å². The maximum absolute atomic E-state index is 14.7. The van der Waals surface area contributed by atoms with Gasteiger partial charge in [0.15, 0.2) is 0 Å². The highest BCUT2D eigenvalue weighted by Gasteiger charge is 2.31. The van der Waals surface area contributed by atoms with E-state index in [0.29, 0.717) is 18.2 Å². The molecule has 0 saturated carbocycles. The minimum atomic E-state index is -4.80. The molecule has 4 aromatic rings. The maximum atomic E-state index is 14.7. The minimum absolute atomic E-state index is 0.0593. The first-order chi connectivity index (χ1) is 15.5. The summed E-state index contributed by atoms with van der Waals surface area (Å²) in [4.78, 5) is 11.1. The van der Waals surface area contributed by atoms with Crippen LogP contribution in [0.3, 0.4) is 0 Å². The molecule has 33 heavy (non-hydrogen) atoms. The smallest absolute Gasteiger partial charge is 0.416 e. The van der Waals surface area contributed by atoms with Crippen molar-refractivity contribution in [2.45, 2.75) is 12.7 Å². The van der Waals surface area contributed by atoms with E-state index < -0.39 is 58.6 Å². The summed E-state index contributed by atoms with van der Waals surface area (Å²) in [6.45, 7) is -0.415. The number of hydrogen-bond donors (Lipinski definition) is 2. The molecule has 0 spiro atoms. The van der Waals surface area contributed by atoms with Crippen LogP contribution in [0, 0.1) is 17.5 Å². The number of aromatic nitrogens is 2. The van der Waals surface area contributed by atoms with Gasteiger partial charge in [-0.25, -0.2) is 18.0 Å². The molecule has 0 bridgehead atoms. The summed E-state index contributed by atoms with van der Waals surface area (Å²) in [5.41, 5.74) is -2.77. The molecule has 5 nitrogen and oxygen atoms in total. The van der Waals surface area contributed by atoms with Crippen LogP contribution in [0.15, 0.2) is 48.5 Å². The zero-order valence-electron chi connectivity index (χ0n) is 16.3. The van der Waals surface area contributed by atoms with Gasteiger partial charge in [0.05, 0.1) is 23.0 Å². The fraction of sp³-hybridized carbons (Fsp3) is 0.0909. The predicted octanol–water partition coefficient (Wildman–Crippen LogP) is 5.59. The number of alkyl halides is 3. The molecule has 0 aliphatic heterocycles. The molecule has 0 unspecified atom stereocenters. The SMILES string of the molecule is O=C(O)c1cc(F)c(-c2nn(Cc3cc(F)cc(C(F)(F)F)c3)c3cccc(F)c23)cc1O. The van der Waals surface area contributed by atoms with E-state index in [2.05, 4.69) is 5.10 Å². The molecule has 0 saturated heterocycles. The largest absolute Gasteiger partial charge is 0.507 e. The number of benzene rings is 3. The average molecular weight is 466 g/mol. The Morgan fingerprint density at radius 1 is 1.00 bits per heavy atom. The number of carboxylic acids is 1. The Bertz CT molecular complexity index is 1410. The molecule has 2 N–H and O–H groups in total. The van der Waals surface area contributed by atoms with Gasteiger partial charge >= 0.3 is 12.1 Å². The van der Waals surface area contributed by atoms with E-state index in [1.54, 1.807) is 0 Å². The molecule has 0 amide bonds. The second-order valence-corrected chi connectivity index (χ2v) is 7.14. The second kappa shape index (κ2) is 7.84. The number of fused-ring (bicyclic) bond motifs is 1. The Morgan fingerprint density at radius 3 is 2.39 bits per heavy atom. The number of hydrogen-bond acceptors (Lipinski definition) is 3. The highest BCUT2D eigenvalue weighted by atomic mass is 19.4. The molecule has 0 fully saturated rings. The normalized spacial score (nSPS) is 11.8. The summed E-state index contributed by atoms with van der Waals surface area (Å²) in [5, 5.41) is 22.8. The third-order valence-corrected chi connectivity index (χ3v) is 4.92. The monoisotopic (exact) mass is 466 g/mol. The van der Waals surface area contributed by atoms with Crippen LogP contribution in [0.1, 0.15) is 21.5 Å². The molecule has 3 aromatic carbocycles. The van der Waals surface area contributed by atoms with E-state index in [4.69, 9.17) is 5.11 Å². The Morgan fingerprint density at radius 2 is 1.73 bits per heavy atom. The van der Waals surface area contributed by atoms with E-state index in [9.17, 15) is 36.2 Å². The van der Waals surface area contributed by atoms with Gasteiger partial charge in [0, 0.05) is 5.56 Å². The third kappa shape index (κ3) is 4.09. The van der Waals surface area contributed by atoms with Crippen LogP contribution in [0.2, 0.25) is 0 Å². The molecular weight excluding hydrogens is 454 g/mol. The van der Waals surface area contributed by atoms with Gasteiger partial charge in [0.2, 0.25) is 0 Å². The molecule has 4 rings (SSSR count). The first kappa shape index (κ1) is 22.2. The first-order valence-electron chi connectivity index (χ1n) is 9.23. The summed E-state index contributed by atoms with van der Waals surface area (Å²) < 4.78 is 83.3. The van der Waals surface area contributed by atoms with Crippen molar-refractivity contribution in [1.29, 1.82) is 0 Å². The van der Waals surface area contributed by atoms with Gasteiger partial charge in [-0.15, -0.1) is 0 Å². The van der Waals surface area contributed by atoms with Crippen molar-refractivity contribution in [3.63, 3.8) is 0 Å². The first-order valence-corrected chi connectivity index (χ1v) is 9.23.